The maximum atomic E-state index is 12.9. The van der Waals surface area contributed by atoms with Crippen molar-refractivity contribution in [3.63, 3.8) is 0 Å². The van der Waals surface area contributed by atoms with Gasteiger partial charge in [-0.3, -0.25) is 4.31 Å². The van der Waals surface area contributed by atoms with Crippen molar-refractivity contribution in [3.8, 4) is 0 Å². The van der Waals surface area contributed by atoms with E-state index in [9.17, 15) is 12.8 Å². The van der Waals surface area contributed by atoms with Gasteiger partial charge in [0.2, 0.25) is 0 Å². The highest BCUT2D eigenvalue weighted by Crippen LogP contribution is 2.22. The first-order chi connectivity index (χ1) is 9.95. The minimum absolute atomic E-state index is 0.188. The van der Waals surface area contributed by atoms with E-state index in [1.807, 2.05) is 0 Å². The van der Waals surface area contributed by atoms with Crippen LogP contribution in [0, 0.1) is 5.82 Å². The van der Waals surface area contributed by atoms with Crippen molar-refractivity contribution in [2.45, 2.75) is 11.3 Å². The number of aryl methyl sites for hydroxylation is 1. The fourth-order valence-corrected chi connectivity index (χ4v) is 3.30. The molecule has 0 N–H and O–H groups in total. The minimum Gasteiger partial charge on any atom is -0.269 e. The number of benzene rings is 2. The molecule has 0 radical (unpaired) electrons. The summed E-state index contributed by atoms with van der Waals surface area (Å²) in [5, 5.41) is 0. The molecule has 21 heavy (non-hydrogen) atoms. The molecule has 0 fully saturated rings. The smallest absolute Gasteiger partial charge is 0.264 e. The molecule has 0 aliphatic heterocycles. The summed E-state index contributed by atoms with van der Waals surface area (Å²) in [6, 6.07) is 11.9. The second-order valence-electron chi connectivity index (χ2n) is 4.53. The Morgan fingerprint density at radius 1 is 1.05 bits per heavy atom. The first-order valence-corrected chi connectivity index (χ1v) is 8.32. The summed E-state index contributed by atoms with van der Waals surface area (Å²) in [5.74, 6) is 0.0802. The first-order valence-electron chi connectivity index (χ1n) is 6.34. The Bertz CT molecular complexity index is 699. The van der Waals surface area contributed by atoms with Gasteiger partial charge in [0.1, 0.15) is 5.82 Å². The fourth-order valence-electron chi connectivity index (χ4n) is 1.89. The summed E-state index contributed by atoms with van der Waals surface area (Å²) in [6.45, 7) is 0. The van der Waals surface area contributed by atoms with Crippen LogP contribution in [0.2, 0.25) is 0 Å². The Morgan fingerprint density at radius 3 is 2.14 bits per heavy atom. The molecule has 2 rings (SSSR count). The standard InChI is InChI=1S/C15H15ClFNO2S/c1-18(14-6-4-13(17)5-7-14)21(19,20)15-8-2-12(3-9-15)10-11-16/h2-9H,10-11H2,1H3. The lowest BCUT2D eigenvalue weighted by Gasteiger charge is -2.19. The van der Waals surface area contributed by atoms with E-state index in [1.54, 1.807) is 24.3 Å². The molecule has 0 atom stereocenters. The van der Waals surface area contributed by atoms with Gasteiger partial charge in [-0.15, -0.1) is 11.6 Å². The summed E-state index contributed by atoms with van der Waals surface area (Å²) in [5.41, 5.74) is 1.38. The van der Waals surface area contributed by atoms with E-state index in [1.165, 1.54) is 31.3 Å². The molecule has 6 heteroatoms. The van der Waals surface area contributed by atoms with Gasteiger partial charge in [-0.2, -0.15) is 0 Å². The molecule has 0 saturated carbocycles. The average molecular weight is 328 g/mol. The Labute approximate surface area is 129 Å². The number of hydrogen-bond acceptors (Lipinski definition) is 2. The fraction of sp³-hybridized carbons (Fsp3) is 0.200. The molecular weight excluding hydrogens is 313 g/mol. The molecular formula is C15H15ClFNO2S. The highest BCUT2D eigenvalue weighted by molar-refractivity contribution is 7.92. The van der Waals surface area contributed by atoms with Gasteiger partial charge in [-0.1, -0.05) is 12.1 Å². The summed E-state index contributed by atoms with van der Waals surface area (Å²) in [7, 11) is -2.22. The number of anilines is 1. The van der Waals surface area contributed by atoms with Crippen LogP contribution in [0.5, 0.6) is 0 Å². The lowest BCUT2D eigenvalue weighted by molar-refractivity contribution is 0.594. The molecule has 0 heterocycles. The Kier molecular flexibility index (Phi) is 4.85. The topological polar surface area (TPSA) is 37.4 Å². The van der Waals surface area contributed by atoms with E-state index in [0.717, 1.165) is 9.87 Å². The first kappa shape index (κ1) is 15.8. The number of halogens is 2. The van der Waals surface area contributed by atoms with E-state index in [4.69, 9.17) is 11.6 Å². The van der Waals surface area contributed by atoms with Gasteiger partial charge in [0.05, 0.1) is 10.6 Å². The zero-order valence-electron chi connectivity index (χ0n) is 11.5. The van der Waals surface area contributed by atoms with Crippen molar-refractivity contribution >= 4 is 27.3 Å². The largest absolute Gasteiger partial charge is 0.269 e. The van der Waals surface area contributed by atoms with Gasteiger partial charge in [-0.25, -0.2) is 12.8 Å². The average Bonchev–Trinajstić information content (AvgIpc) is 2.48. The van der Waals surface area contributed by atoms with Crippen LogP contribution < -0.4 is 4.31 Å². The molecule has 0 spiro atoms. The number of nitrogens with zero attached hydrogens (tertiary/aromatic N) is 1. The van der Waals surface area contributed by atoms with Crippen LogP contribution in [0.4, 0.5) is 10.1 Å². The van der Waals surface area contributed by atoms with Gasteiger partial charge in [0, 0.05) is 12.9 Å². The zero-order chi connectivity index (χ0) is 15.5. The maximum absolute atomic E-state index is 12.9. The Morgan fingerprint density at radius 2 is 1.62 bits per heavy atom. The Balaban J connectivity index is 2.30. The van der Waals surface area contributed by atoms with Crippen molar-refractivity contribution < 1.29 is 12.8 Å². The van der Waals surface area contributed by atoms with Crippen molar-refractivity contribution in [1.82, 2.24) is 0 Å². The number of rotatable bonds is 5. The van der Waals surface area contributed by atoms with Crippen molar-refractivity contribution in [1.29, 1.82) is 0 Å². The monoisotopic (exact) mass is 327 g/mol. The molecule has 112 valence electrons. The highest BCUT2D eigenvalue weighted by Gasteiger charge is 2.21. The van der Waals surface area contributed by atoms with Crippen LogP contribution in [0.15, 0.2) is 53.4 Å². The zero-order valence-corrected chi connectivity index (χ0v) is 13.0. The van der Waals surface area contributed by atoms with Crippen LogP contribution in [0.3, 0.4) is 0 Å². The summed E-state index contributed by atoms with van der Waals surface area (Å²) < 4.78 is 39.0. The predicted molar refractivity (Wildman–Crippen MR) is 82.9 cm³/mol. The van der Waals surface area contributed by atoms with Crippen LogP contribution in [-0.2, 0) is 16.4 Å². The molecule has 0 amide bonds. The van der Waals surface area contributed by atoms with Crippen LogP contribution >= 0.6 is 11.6 Å². The second kappa shape index (κ2) is 6.45. The predicted octanol–water partition coefficient (Wildman–Crippen LogP) is 3.43. The molecule has 0 aliphatic rings. The molecule has 0 saturated heterocycles. The third-order valence-corrected chi connectivity index (χ3v) is 5.14. The summed E-state index contributed by atoms with van der Waals surface area (Å²) in [4.78, 5) is 0.188. The van der Waals surface area contributed by atoms with Crippen molar-refractivity contribution in [2.75, 3.05) is 17.2 Å². The van der Waals surface area contributed by atoms with Crippen LogP contribution in [0.1, 0.15) is 5.56 Å². The van der Waals surface area contributed by atoms with E-state index >= 15 is 0 Å². The molecule has 2 aromatic carbocycles. The minimum atomic E-state index is -3.66. The third-order valence-electron chi connectivity index (χ3n) is 3.16. The lowest BCUT2D eigenvalue weighted by atomic mass is 10.2. The normalized spacial score (nSPS) is 11.4. The molecule has 0 aliphatic carbocycles. The van der Waals surface area contributed by atoms with Gasteiger partial charge >= 0.3 is 0 Å². The van der Waals surface area contributed by atoms with Gasteiger partial charge < -0.3 is 0 Å². The SMILES string of the molecule is CN(c1ccc(F)cc1)S(=O)(=O)c1ccc(CCCl)cc1. The van der Waals surface area contributed by atoms with Gasteiger partial charge in [0.25, 0.3) is 10.0 Å². The Hall–Kier alpha value is -1.59. The molecule has 0 unspecified atom stereocenters. The third kappa shape index (κ3) is 3.54. The molecule has 0 bridgehead atoms. The number of hydrogen-bond donors (Lipinski definition) is 0. The summed E-state index contributed by atoms with van der Waals surface area (Å²) >= 11 is 5.65. The molecule has 2 aromatic rings. The molecule has 3 nitrogen and oxygen atoms in total. The van der Waals surface area contributed by atoms with Crippen molar-refractivity contribution in [2.24, 2.45) is 0 Å². The summed E-state index contributed by atoms with van der Waals surface area (Å²) in [6.07, 6.45) is 0.690. The second-order valence-corrected chi connectivity index (χ2v) is 6.88. The van der Waals surface area contributed by atoms with Gasteiger partial charge in [0.15, 0.2) is 0 Å². The van der Waals surface area contributed by atoms with E-state index in [0.29, 0.717) is 18.0 Å². The number of sulfonamides is 1. The van der Waals surface area contributed by atoms with Gasteiger partial charge in [-0.05, 0) is 48.4 Å². The van der Waals surface area contributed by atoms with Crippen LogP contribution in [-0.4, -0.2) is 21.3 Å². The lowest BCUT2D eigenvalue weighted by Crippen LogP contribution is -2.26. The maximum Gasteiger partial charge on any atom is 0.264 e. The van der Waals surface area contributed by atoms with Crippen molar-refractivity contribution in [3.05, 3.63) is 59.9 Å². The van der Waals surface area contributed by atoms with E-state index in [2.05, 4.69) is 0 Å². The van der Waals surface area contributed by atoms with Crippen LogP contribution in [0.25, 0.3) is 0 Å². The number of alkyl halides is 1. The molecule has 0 aromatic heterocycles. The van der Waals surface area contributed by atoms with E-state index in [-0.39, 0.29) is 4.90 Å². The van der Waals surface area contributed by atoms with E-state index < -0.39 is 15.8 Å². The highest BCUT2D eigenvalue weighted by atomic mass is 35.5. The quantitative estimate of drug-likeness (QED) is 0.789.